The summed E-state index contributed by atoms with van der Waals surface area (Å²) in [7, 11) is 0. The minimum Gasteiger partial charge on any atom is -0.461 e. The summed E-state index contributed by atoms with van der Waals surface area (Å²) in [6.07, 6.45) is -3.10. The number of hydrogen-bond acceptors (Lipinski definition) is 11. The van der Waals surface area contributed by atoms with Crippen LogP contribution in [0.2, 0.25) is 0 Å². The lowest BCUT2D eigenvalue weighted by molar-refractivity contribution is -0.384. The number of hydrogen-bond donors (Lipinski definition) is 3. The number of allylic oxidation sites excluding steroid dienone is 2. The zero-order valence-electron chi connectivity index (χ0n) is 19.6. The molecule has 3 N–H and O–H groups in total. The van der Waals surface area contributed by atoms with E-state index in [-0.39, 0.29) is 42.0 Å². The van der Waals surface area contributed by atoms with E-state index < -0.39 is 53.1 Å². The topological polar surface area (TPSA) is 181 Å². The third-order valence-electron chi connectivity index (χ3n) is 6.57. The van der Waals surface area contributed by atoms with Crippen molar-refractivity contribution in [3.63, 3.8) is 0 Å². The van der Waals surface area contributed by atoms with Gasteiger partial charge in [0.1, 0.15) is 24.9 Å². The number of aliphatic hydroxyl groups is 2. The molecule has 3 aliphatic rings. The van der Waals surface area contributed by atoms with E-state index in [9.17, 15) is 29.9 Å². The molecule has 1 aromatic rings. The minimum absolute atomic E-state index is 0.00817. The summed E-state index contributed by atoms with van der Waals surface area (Å²) in [6.45, 7) is 2.43. The molecule has 0 aliphatic carbocycles. The Bertz CT molecular complexity index is 1220. The SMILES string of the molecule is CC1=C(C(=O)OCCC#N)C(c2cccc([N+](=O)[O-])c2)C(C(=O)[C@@]2(O)CO[C@@H]3[C@@H](O)CO[C@@H]32)=C(C)N1. The molecule has 2 saturated heterocycles. The monoisotopic (exact) mass is 499 g/mol. The Kier molecular flexibility index (Phi) is 6.92. The fraction of sp³-hybridized carbons (Fsp3) is 0.458. The molecule has 2 fully saturated rings. The molecule has 5 atom stereocenters. The zero-order chi connectivity index (χ0) is 26.2. The molecule has 1 aromatic carbocycles. The number of non-ortho nitro benzene ring substituents is 1. The molecule has 0 bridgehead atoms. The van der Waals surface area contributed by atoms with Crippen LogP contribution in [0.25, 0.3) is 0 Å². The largest absolute Gasteiger partial charge is 0.461 e. The van der Waals surface area contributed by atoms with E-state index in [0.29, 0.717) is 11.4 Å². The summed E-state index contributed by atoms with van der Waals surface area (Å²) in [5.74, 6) is -2.76. The lowest BCUT2D eigenvalue weighted by atomic mass is 9.74. The minimum atomic E-state index is -2.17. The van der Waals surface area contributed by atoms with E-state index in [2.05, 4.69) is 5.32 Å². The lowest BCUT2D eigenvalue weighted by Crippen LogP contribution is -2.52. The third kappa shape index (κ3) is 4.27. The van der Waals surface area contributed by atoms with Gasteiger partial charge in [-0.15, -0.1) is 0 Å². The van der Waals surface area contributed by atoms with Crippen LogP contribution in [0.4, 0.5) is 5.69 Å². The fourth-order valence-corrected chi connectivity index (χ4v) is 4.92. The number of aliphatic hydroxyl groups excluding tert-OH is 1. The van der Waals surface area contributed by atoms with Crippen LogP contribution >= 0.6 is 0 Å². The standard InChI is InChI=1S/C24H25N3O9/c1-12-17(21(29)24(31)11-36-20-16(28)10-35-22(20)24)19(14-5-3-6-15(9-14)27(32)33)18(13(2)26-12)23(30)34-8-4-7-25/h3,5-6,9,16,19-20,22,26,28,31H,4,8,10-11H2,1-2H3/t16-,19?,20+,22-,24-/m0/s1. The third-order valence-corrected chi connectivity index (χ3v) is 6.57. The average molecular weight is 499 g/mol. The number of fused-ring (bicyclic) bond motifs is 1. The Morgan fingerprint density at radius 3 is 2.72 bits per heavy atom. The number of nitriles is 1. The number of esters is 1. The number of carbonyl (C=O) groups is 2. The van der Waals surface area contributed by atoms with Crippen molar-refractivity contribution in [2.24, 2.45) is 0 Å². The van der Waals surface area contributed by atoms with Crippen molar-refractivity contribution in [2.75, 3.05) is 19.8 Å². The van der Waals surface area contributed by atoms with E-state index in [0.717, 1.165) is 0 Å². The van der Waals surface area contributed by atoms with Gasteiger partial charge in [0.25, 0.3) is 5.69 Å². The van der Waals surface area contributed by atoms with Crippen LogP contribution in [-0.4, -0.2) is 70.6 Å². The number of nitrogens with one attached hydrogen (secondary N) is 1. The first-order valence-corrected chi connectivity index (χ1v) is 11.3. The summed E-state index contributed by atoms with van der Waals surface area (Å²) < 4.78 is 16.2. The molecule has 0 saturated carbocycles. The fourth-order valence-electron chi connectivity index (χ4n) is 4.92. The second-order valence-electron chi connectivity index (χ2n) is 8.88. The molecule has 12 nitrogen and oxygen atoms in total. The van der Waals surface area contributed by atoms with Crippen LogP contribution in [0.3, 0.4) is 0 Å². The zero-order valence-corrected chi connectivity index (χ0v) is 19.6. The number of rotatable bonds is 7. The Labute approximate surface area is 205 Å². The maximum Gasteiger partial charge on any atom is 0.336 e. The predicted octanol–water partition coefficient (Wildman–Crippen LogP) is 0.745. The molecular weight excluding hydrogens is 474 g/mol. The molecule has 3 aliphatic heterocycles. The average Bonchev–Trinajstić information content (AvgIpc) is 3.39. The molecule has 1 unspecified atom stereocenters. The summed E-state index contributed by atoms with van der Waals surface area (Å²) in [6, 6.07) is 7.37. The van der Waals surface area contributed by atoms with E-state index >= 15 is 0 Å². The van der Waals surface area contributed by atoms with Gasteiger partial charge in [0.05, 0.1) is 36.2 Å². The number of carbonyl (C=O) groups excluding carboxylic acids is 2. The number of ketones is 1. The second-order valence-corrected chi connectivity index (χ2v) is 8.88. The van der Waals surface area contributed by atoms with Gasteiger partial charge < -0.3 is 29.7 Å². The van der Waals surface area contributed by atoms with Gasteiger partial charge in [0.2, 0.25) is 0 Å². The maximum absolute atomic E-state index is 14.0. The van der Waals surface area contributed by atoms with Gasteiger partial charge in [0, 0.05) is 35.0 Å². The predicted molar refractivity (Wildman–Crippen MR) is 121 cm³/mol. The van der Waals surface area contributed by atoms with Gasteiger partial charge >= 0.3 is 5.97 Å². The van der Waals surface area contributed by atoms with E-state index in [4.69, 9.17) is 19.5 Å². The second kappa shape index (κ2) is 9.79. The van der Waals surface area contributed by atoms with Gasteiger partial charge in [-0.1, -0.05) is 12.1 Å². The van der Waals surface area contributed by atoms with Gasteiger partial charge in [-0.25, -0.2) is 4.79 Å². The lowest BCUT2D eigenvalue weighted by Gasteiger charge is -2.35. The highest BCUT2D eigenvalue weighted by Crippen LogP contribution is 2.44. The van der Waals surface area contributed by atoms with Crippen LogP contribution in [0, 0.1) is 21.4 Å². The van der Waals surface area contributed by atoms with Gasteiger partial charge in [-0.3, -0.25) is 14.9 Å². The molecule has 4 rings (SSSR count). The normalized spacial score (nSPS) is 29.4. The van der Waals surface area contributed by atoms with Crippen LogP contribution in [0.5, 0.6) is 0 Å². The number of benzene rings is 1. The summed E-state index contributed by atoms with van der Waals surface area (Å²) >= 11 is 0. The quantitative estimate of drug-likeness (QED) is 0.208. The summed E-state index contributed by atoms with van der Waals surface area (Å²) in [5, 5.41) is 44.8. The molecule has 0 aromatic heterocycles. The van der Waals surface area contributed by atoms with Crippen molar-refractivity contribution >= 4 is 17.4 Å². The smallest absolute Gasteiger partial charge is 0.336 e. The van der Waals surface area contributed by atoms with Crippen LogP contribution in [-0.2, 0) is 23.8 Å². The van der Waals surface area contributed by atoms with Crippen molar-refractivity contribution in [1.82, 2.24) is 5.32 Å². The number of ether oxygens (including phenoxy) is 3. The highest BCUT2D eigenvalue weighted by molar-refractivity contribution is 6.08. The summed E-state index contributed by atoms with van der Waals surface area (Å²) in [5.41, 5.74) is -1.51. The van der Waals surface area contributed by atoms with Crippen molar-refractivity contribution < 1.29 is 38.9 Å². The number of nitro benzene ring substituents is 1. The molecule has 0 amide bonds. The summed E-state index contributed by atoms with van der Waals surface area (Å²) in [4.78, 5) is 38.0. The Hall–Kier alpha value is -3.63. The molecule has 12 heteroatoms. The Morgan fingerprint density at radius 1 is 1.31 bits per heavy atom. The van der Waals surface area contributed by atoms with E-state index in [1.165, 1.54) is 24.3 Å². The molecular formula is C24H25N3O9. The maximum atomic E-state index is 14.0. The number of dihydropyridines is 1. The van der Waals surface area contributed by atoms with Crippen LogP contribution in [0.1, 0.15) is 31.7 Å². The van der Waals surface area contributed by atoms with Crippen LogP contribution < -0.4 is 5.32 Å². The molecule has 190 valence electrons. The highest BCUT2D eigenvalue weighted by Gasteiger charge is 2.61. The van der Waals surface area contributed by atoms with E-state index in [1.807, 2.05) is 6.07 Å². The molecule has 3 heterocycles. The Balaban J connectivity index is 1.82. The van der Waals surface area contributed by atoms with Gasteiger partial charge in [-0.2, -0.15) is 5.26 Å². The van der Waals surface area contributed by atoms with Gasteiger partial charge in [-0.05, 0) is 19.4 Å². The number of nitro groups is 1. The van der Waals surface area contributed by atoms with Crippen molar-refractivity contribution in [3.8, 4) is 6.07 Å². The van der Waals surface area contributed by atoms with Gasteiger partial charge in [0.15, 0.2) is 11.4 Å². The Morgan fingerprint density at radius 2 is 2.03 bits per heavy atom. The number of Topliss-reactive ketones (excluding diaryl/α,β-unsaturated/α-hetero) is 1. The van der Waals surface area contributed by atoms with E-state index in [1.54, 1.807) is 13.8 Å². The van der Waals surface area contributed by atoms with Crippen LogP contribution in [0.15, 0.2) is 46.8 Å². The van der Waals surface area contributed by atoms with Crippen molar-refractivity contribution in [2.45, 2.75) is 50.1 Å². The first-order chi connectivity index (χ1) is 17.1. The highest BCUT2D eigenvalue weighted by atomic mass is 16.6. The number of nitrogens with zero attached hydrogens (tertiary/aromatic N) is 2. The van der Waals surface area contributed by atoms with Crippen molar-refractivity contribution in [3.05, 3.63) is 62.5 Å². The molecule has 0 radical (unpaired) electrons. The first-order valence-electron chi connectivity index (χ1n) is 11.3. The molecule has 36 heavy (non-hydrogen) atoms. The first kappa shape index (κ1) is 25.5. The van der Waals surface area contributed by atoms with Crippen molar-refractivity contribution in [1.29, 1.82) is 5.26 Å². The molecule has 0 spiro atoms.